The number of rotatable bonds is 6. The number of hydrogen-bond acceptors (Lipinski definition) is 4. The predicted octanol–water partition coefficient (Wildman–Crippen LogP) is 5.47. The van der Waals surface area contributed by atoms with Crippen molar-refractivity contribution in [1.82, 2.24) is 5.32 Å². The average Bonchev–Trinajstić information content (AvgIpc) is 2.76. The van der Waals surface area contributed by atoms with Gasteiger partial charge in [0, 0.05) is 43.0 Å². The molecule has 2 heterocycles. The van der Waals surface area contributed by atoms with Gasteiger partial charge in [-0.05, 0) is 61.2 Å². The third-order valence-corrected chi connectivity index (χ3v) is 5.90. The van der Waals surface area contributed by atoms with E-state index in [1.54, 1.807) is 24.1 Å². The van der Waals surface area contributed by atoms with E-state index < -0.39 is 6.61 Å². The Morgan fingerprint density at radius 1 is 1.19 bits per heavy atom. The Labute approximate surface area is 199 Å². The maximum absolute atomic E-state index is 13.0. The van der Waals surface area contributed by atoms with E-state index in [1.807, 2.05) is 12.1 Å². The number of fused-ring (bicyclic) bond motifs is 1. The number of nitrogens with zero attached hydrogens (tertiary/aromatic N) is 1. The molecule has 0 spiro atoms. The summed E-state index contributed by atoms with van der Waals surface area (Å²) in [5, 5.41) is 6.87. The molecule has 0 unspecified atom stereocenters. The molecule has 0 saturated carbocycles. The molecule has 1 atom stereocenters. The number of aryl methyl sites for hydroxylation is 1. The van der Waals surface area contributed by atoms with Gasteiger partial charge in [0.2, 0.25) is 5.91 Å². The van der Waals surface area contributed by atoms with Crippen LogP contribution in [-0.2, 0) is 17.8 Å². The number of anilines is 2. The zero-order valence-electron chi connectivity index (χ0n) is 17.9. The second kappa shape index (κ2) is 11.7. The van der Waals surface area contributed by atoms with Crippen LogP contribution in [0.2, 0.25) is 0 Å². The molecule has 176 valence electrons. The van der Waals surface area contributed by atoms with Crippen molar-refractivity contribution in [3.05, 3.63) is 53.1 Å². The first-order chi connectivity index (χ1) is 14.5. The molecule has 0 aliphatic carbocycles. The Bertz CT molecular complexity index is 924. The Morgan fingerprint density at radius 3 is 2.72 bits per heavy atom. The van der Waals surface area contributed by atoms with Crippen LogP contribution in [0.5, 0.6) is 5.75 Å². The zero-order chi connectivity index (χ0) is 21.1. The van der Waals surface area contributed by atoms with Gasteiger partial charge in [-0.1, -0.05) is 18.6 Å². The van der Waals surface area contributed by atoms with Crippen molar-refractivity contribution in [3.63, 3.8) is 0 Å². The highest BCUT2D eigenvalue weighted by atomic mass is 35.5. The monoisotopic (exact) mass is 487 g/mol. The maximum atomic E-state index is 13.0. The highest BCUT2D eigenvalue weighted by Gasteiger charge is 2.24. The molecule has 4 rings (SSSR count). The molecule has 5 nitrogen and oxygen atoms in total. The van der Waals surface area contributed by atoms with Crippen LogP contribution in [0.3, 0.4) is 0 Å². The van der Waals surface area contributed by atoms with Gasteiger partial charge in [-0.3, -0.25) is 4.79 Å². The van der Waals surface area contributed by atoms with Crippen LogP contribution in [0, 0.1) is 0 Å². The Morgan fingerprint density at radius 2 is 2.00 bits per heavy atom. The molecule has 2 aliphatic rings. The first-order valence-electron chi connectivity index (χ1n) is 10.5. The molecule has 32 heavy (non-hydrogen) atoms. The second-order valence-corrected chi connectivity index (χ2v) is 7.90. The highest BCUT2D eigenvalue weighted by molar-refractivity contribution is 5.96. The van der Waals surface area contributed by atoms with Gasteiger partial charge in [0.1, 0.15) is 5.75 Å². The van der Waals surface area contributed by atoms with Gasteiger partial charge in [-0.25, -0.2) is 0 Å². The number of halogens is 4. The number of benzene rings is 2. The smallest absolute Gasteiger partial charge is 0.387 e. The third kappa shape index (κ3) is 6.03. The van der Waals surface area contributed by atoms with E-state index in [2.05, 4.69) is 22.8 Å². The van der Waals surface area contributed by atoms with Crippen molar-refractivity contribution < 1.29 is 18.3 Å². The topological polar surface area (TPSA) is 53.6 Å². The van der Waals surface area contributed by atoms with Crippen molar-refractivity contribution in [1.29, 1.82) is 0 Å². The Balaban J connectivity index is 0.00000181. The number of piperidine rings is 1. The summed E-state index contributed by atoms with van der Waals surface area (Å²) < 4.78 is 30.8. The first-order valence-corrected chi connectivity index (χ1v) is 10.5. The van der Waals surface area contributed by atoms with Gasteiger partial charge in [0.05, 0.1) is 0 Å². The van der Waals surface area contributed by atoms with Gasteiger partial charge >= 0.3 is 6.61 Å². The van der Waals surface area contributed by atoms with E-state index in [-0.39, 0.29) is 36.5 Å². The number of ether oxygens (including phenoxy) is 1. The lowest BCUT2D eigenvalue weighted by Crippen LogP contribution is -2.31. The van der Waals surface area contributed by atoms with Gasteiger partial charge < -0.3 is 20.3 Å². The van der Waals surface area contributed by atoms with E-state index in [4.69, 9.17) is 4.74 Å². The summed E-state index contributed by atoms with van der Waals surface area (Å²) in [5.41, 5.74) is 4.34. The Hall–Kier alpha value is -2.09. The number of amides is 1. The number of nitrogens with one attached hydrogen (secondary N) is 2. The quantitative estimate of drug-likeness (QED) is 0.567. The van der Waals surface area contributed by atoms with Crippen LogP contribution >= 0.6 is 24.8 Å². The molecule has 1 fully saturated rings. The SMILES string of the molecule is CN1C(=O)CCc2cc(OC(F)F)c(CNc3cccc([C@@H]4CCCCN4)c3)cc21.Cl.Cl. The fourth-order valence-electron chi connectivity index (χ4n) is 4.25. The number of hydrogen-bond donors (Lipinski definition) is 2. The fraction of sp³-hybridized carbons (Fsp3) is 0.435. The normalized spacial score (nSPS) is 17.8. The van der Waals surface area contributed by atoms with Crippen LogP contribution in [-0.4, -0.2) is 26.1 Å². The van der Waals surface area contributed by atoms with E-state index in [9.17, 15) is 13.6 Å². The molecule has 1 amide bonds. The molecule has 2 aliphatic heterocycles. The standard InChI is InChI=1S/C23H27F2N3O2.2ClH/c1-28-20-12-17(21(30-23(24)25)13-16(20)8-9-22(28)29)14-27-18-6-4-5-15(11-18)19-7-2-3-10-26-19;;/h4-6,11-13,19,23,26-27H,2-3,7-10,14H2,1H3;2*1H/t19-;;/m0../s1. The van der Waals surface area contributed by atoms with Gasteiger partial charge in [-0.15, -0.1) is 24.8 Å². The summed E-state index contributed by atoms with van der Waals surface area (Å²) in [6, 6.07) is 12.0. The van der Waals surface area contributed by atoms with Crippen molar-refractivity contribution >= 4 is 42.1 Å². The number of carbonyl (C=O) groups excluding carboxylic acids is 1. The van der Waals surface area contributed by atoms with E-state index in [1.165, 1.54) is 18.4 Å². The third-order valence-electron chi connectivity index (χ3n) is 5.90. The summed E-state index contributed by atoms with van der Waals surface area (Å²) in [4.78, 5) is 13.6. The average molecular weight is 488 g/mol. The minimum atomic E-state index is -2.90. The van der Waals surface area contributed by atoms with Crippen LogP contribution < -0.4 is 20.3 Å². The molecule has 0 bridgehead atoms. The highest BCUT2D eigenvalue weighted by Crippen LogP contribution is 2.35. The van der Waals surface area contributed by atoms with Crippen LogP contribution in [0.15, 0.2) is 36.4 Å². The minimum absolute atomic E-state index is 0. The molecule has 0 radical (unpaired) electrons. The molecule has 2 aromatic rings. The number of carbonyl (C=O) groups is 1. The minimum Gasteiger partial charge on any atom is -0.434 e. The molecule has 9 heteroatoms. The predicted molar refractivity (Wildman–Crippen MR) is 128 cm³/mol. The van der Waals surface area contributed by atoms with Crippen LogP contribution in [0.25, 0.3) is 0 Å². The molecular formula is C23H29Cl2F2N3O2. The van der Waals surface area contributed by atoms with Crippen molar-refractivity contribution in [3.8, 4) is 5.75 Å². The van der Waals surface area contributed by atoms with Crippen LogP contribution in [0.1, 0.15) is 48.4 Å². The summed E-state index contributed by atoms with van der Waals surface area (Å²) in [6.07, 6.45) is 4.43. The fourth-order valence-corrected chi connectivity index (χ4v) is 4.25. The largest absolute Gasteiger partial charge is 0.434 e. The second-order valence-electron chi connectivity index (χ2n) is 7.90. The zero-order valence-corrected chi connectivity index (χ0v) is 19.5. The molecule has 0 aromatic heterocycles. The van der Waals surface area contributed by atoms with Crippen molar-refractivity contribution in [2.75, 3.05) is 23.8 Å². The number of alkyl halides is 2. The van der Waals surface area contributed by atoms with Gasteiger partial charge in [0.15, 0.2) is 0 Å². The van der Waals surface area contributed by atoms with E-state index in [0.717, 1.165) is 29.9 Å². The summed E-state index contributed by atoms with van der Waals surface area (Å²) in [5.74, 6) is 0.181. The Kier molecular flexibility index (Phi) is 9.55. The summed E-state index contributed by atoms with van der Waals surface area (Å²) >= 11 is 0. The van der Waals surface area contributed by atoms with E-state index >= 15 is 0 Å². The lowest BCUT2D eigenvalue weighted by molar-refractivity contribution is -0.118. The molecule has 2 aromatic carbocycles. The molecule has 2 N–H and O–H groups in total. The van der Waals surface area contributed by atoms with Crippen LogP contribution in [0.4, 0.5) is 20.2 Å². The van der Waals surface area contributed by atoms with Gasteiger partial charge in [-0.2, -0.15) is 8.78 Å². The maximum Gasteiger partial charge on any atom is 0.387 e. The van der Waals surface area contributed by atoms with Crippen molar-refractivity contribution in [2.24, 2.45) is 0 Å². The van der Waals surface area contributed by atoms with Gasteiger partial charge in [0.25, 0.3) is 0 Å². The summed E-state index contributed by atoms with van der Waals surface area (Å²) in [7, 11) is 1.71. The lowest BCUT2D eigenvalue weighted by atomic mass is 9.97. The molecule has 1 saturated heterocycles. The summed E-state index contributed by atoms with van der Waals surface area (Å²) in [6.45, 7) is -1.55. The van der Waals surface area contributed by atoms with Crippen molar-refractivity contribution in [2.45, 2.75) is 51.3 Å². The lowest BCUT2D eigenvalue weighted by Gasteiger charge is -2.27. The van der Waals surface area contributed by atoms with E-state index in [0.29, 0.717) is 31.0 Å². The first kappa shape index (κ1) is 26.2. The molecular weight excluding hydrogens is 459 g/mol.